The van der Waals surface area contributed by atoms with Crippen LogP contribution in [0.1, 0.15) is 12.5 Å². The molecule has 1 N–H and O–H groups in total. The number of halogens is 2. The molecule has 4 nitrogen and oxygen atoms in total. The summed E-state index contributed by atoms with van der Waals surface area (Å²) in [5.41, 5.74) is 1.01. The molecule has 0 saturated heterocycles. The Morgan fingerprint density at radius 1 is 1.30 bits per heavy atom. The maximum atomic E-state index is 12.0. The molecule has 20 heavy (non-hydrogen) atoms. The van der Waals surface area contributed by atoms with Crippen LogP contribution in [0.2, 0.25) is 0 Å². The summed E-state index contributed by atoms with van der Waals surface area (Å²) in [6, 6.07) is 8.76. The predicted molar refractivity (Wildman–Crippen MR) is 71.6 cm³/mol. The lowest BCUT2D eigenvalue weighted by atomic mass is 10.2. The van der Waals surface area contributed by atoms with E-state index in [4.69, 9.17) is 0 Å². The van der Waals surface area contributed by atoms with E-state index >= 15 is 0 Å². The second-order valence-corrected chi connectivity index (χ2v) is 4.53. The summed E-state index contributed by atoms with van der Waals surface area (Å²) in [7, 11) is 0. The molecule has 0 fully saturated rings. The highest BCUT2D eigenvalue weighted by atomic mass is 19.3. The molecule has 0 aliphatic rings. The smallest absolute Gasteiger partial charge is 0.387 e. The van der Waals surface area contributed by atoms with Crippen LogP contribution in [0, 0.1) is 0 Å². The van der Waals surface area contributed by atoms with Gasteiger partial charge in [0, 0.05) is 25.0 Å². The number of hydrogen-bond donors (Lipinski definition) is 1. The molecule has 0 saturated carbocycles. The van der Waals surface area contributed by atoms with Crippen molar-refractivity contribution in [3.8, 4) is 5.75 Å². The standard InChI is InChI=1S/C14H17F2N3O/c1-11(10-19-8-2-7-18-19)17-9-12-3-5-13(6-4-12)20-14(15)16/h2-8,11,14,17H,9-10H2,1H3. The van der Waals surface area contributed by atoms with Gasteiger partial charge in [-0.25, -0.2) is 0 Å². The lowest BCUT2D eigenvalue weighted by molar-refractivity contribution is -0.0498. The summed E-state index contributed by atoms with van der Waals surface area (Å²) in [6.07, 6.45) is 3.66. The summed E-state index contributed by atoms with van der Waals surface area (Å²) in [5, 5.41) is 7.49. The Bertz CT molecular complexity index is 500. The first-order valence-corrected chi connectivity index (χ1v) is 6.38. The van der Waals surface area contributed by atoms with Crippen molar-refractivity contribution in [3.63, 3.8) is 0 Å². The van der Waals surface area contributed by atoms with Gasteiger partial charge in [0.25, 0.3) is 0 Å². The number of ether oxygens (including phenoxy) is 1. The Balaban J connectivity index is 1.78. The topological polar surface area (TPSA) is 39.1 Å². The van der Waals surface area contributed by atoms with Gasteiger partial charge in [0.15, 0.2) is 0 Å². The van der Waals surface area contributed by atoms with Gasteiger partial charge in [-0.05, 0) is 30.7 Å². The third-order valence-electron chi connectivity index (χ3n) is 2.82. The zero-order valence-electron chi connectivity index (χ0n) is 11.2. The first-order valence-electron chi connectivity index (χ1n) is 6.38. The van der Waals surface area contributed by atoms with Crippen molar-refractivity contribution in [2.45, 2.75) is 32.7 Å². The maximum absolute atomic E-state index is 12.0. The van der Waals surface area contributed by atoms with Gasteiger partial charge in [0.05, 0.1) is 6.54 Å². The molecule has 0 bridgehead atoms. The van der Waals surface area contributed by atoms with Gasteiger partial charge in [-0.1, -0.05) is 12.1 Å². The molecule has 0 aliphatic carbocycles. The van der Waals surface area contributed by atoms with Crippen molar-refractivity contribution in [2.24, 2.45) is 0 Å². The van der Waals surface area contributed by atoms with Crippen LogP contribution in [0.25, 0.3) is 0 Å². The normalized spacial score (nSPS) is 12.6. The summed E-state index contributed by atoms with van der Waals surface area (Å²) >= 11 is 0. The van der Waals surface area contributed by atoms with Crippen molar-refractivity contribution in [1.82, 2.24) is 15.1 Å². The van der Waals surface area contributed by atoms with Gasteiger partial charge < -0.3 is 10.1 Å². The van der Waals surface area contributed by atoms with Crippen molar-refractivity contribution in [2.75, 3.05) is 0 Å². The maximum Gasteiger partial charge on any atom is 0.387 e. The average molecular weight is 281 g/mol. The molecule has 6 heteroatoms. The molecule has 1 unspecified atom stereocenters. The zero-order valence-corrected chi connectivity index (χ0v) is 11.2. The van der Waals surface area contributed by atoms with Crippen LogP contribution in [0.4, 0.5) is 8.78 Å². The van der Waals surface area contributed by atoms with Gasteiger partial charge in [-0.3, -0.25) is 4.68 Å². The highest BCUT2D eigenvalue weighted by Gasteiger charge is 2.05. The van der Waals surface area contributed by atoms with Crippen LogP contribution in [0.3, 0.4) is 0 Å². The molecular weight excluding hydrogens is 264 g/mol. The van der Waals surface area contributed by atoms with Crippen LogP contribution in [-0.4, -0.2) is 22.4 Å². The van der Waals surface area contributed by atoms with Gasteiger partial charge in [-0.15, -0.1) is 0 Å². The Morgan fingerprint density at radius 2 is 2.05 bits per heavy atom. The lowest BCUT2D eigenvalue weighted by Crippen LogP contribution is -2.30. The van der Waals surface area contributed by atoms with E-state index in [0.717, 1.165) is 12.1 Å². The second kappa shape index (κ2) is 7.00. The third kappa shape index (κ3) is 4.62. The minimum Gasteiger partial charge on any atom is -0.435 e. The van der Waals surface area contributed by atoms with Gasteiger partial charge in [0.2, 0.25) is 0 Å². The largest absolute Gasteiger partial charge is 0.435 e. The lowest BCUT2D eigenvalue weighted by Gasteiger charge is -2.14. The molecule has 0 aliphatic heterocycles. The van der Waals surface area contributed by atoms with Crippen LogP contribution >= 0.6 is 0 Å². The molecule has 1 aromatic heterocycles. The number of nitrogens with zero attached hydrogens (tertiary/aromatic N) is 2. The van der Waals surface area contributed by atoms with E-state index in [2.05, 4.69) is 22.1 Å². The molecule has 2 aromatic rings. The molecule has 1 heterocycles. The van der Waals surface area contributed by atoms with E-state index in [0.29, 0.717) is 6.54 Å². The fourth-order valence-corrected chi connectivity index (χ4v) is 1.83. The first kappa shape index (κ1) is 14.5. The number of benzene rings is 1. The van der Waals surface area contributed by atoms with Crippen molar-refractivity contribution >= 4 is 0 Å². The van der Waals surface area contributed by atoms with Crippen molar-refractivity contribution < 1.29 is 13.5 Å². The number of aromatic nitrogens is 2. The highest BCUT2D eigenvalue weighted by Crippen LogP contribution is 2.14. The van der Waals surface area contributed by atoms with Crippen LogP contribution in [0.15, 0.2) is 42.7 Å². The third-order valence-corrected chi connectivity index (χ3v) is 2.82. The molecule has 0 radical (unpaired) electrons. The Hall–Kier alpha value is -1.95. The molecule has 0 amide bonds. The first-order chi connectivity index (χ1) is 9.63. The number of rotatable bonds is 7. The number of nitrogens with one attached hydrogen (secondary N) is 1. The average Bonchev–Trinajstić information content (AvgIpc) is 2.90. The molecule has 0 spiro atoms. The summed E-state index contributed by atoms with van der Waals surface area (Å²) in [5.74, 6) is 0.174. The Labute approximate surface area is 116 Å². The zero-order chi connectivity index (χ0) is 14.4. The van der Waals surface area contributed by atoms with E-state index in [1.807, 2.05) is 16.9 Å². The van der Waals surface area contributed by atoms with Crippen LogP contribution < -0.4 is 10.1 Å². The fraction of sp³-hybridized carbons (Fsp3) is 0.357. The predicted octanol–water partition coefficient (Wildman–Crippen LogP) is 2.66. The molecule has 108 valence electrons. The minimum absolute atomic E-state index is 0.174. The highest BCUT2D eigenvalue weighted by molar-refractivity contribution is 5.27. The number of hydrogen-bond acceptors (Lipinski definition) is 3. The minimum atomic E-state index is -2.78. The Kier molecular flexibility index (Phi) is 5.06. The quantitative estimate of drug-likeness (QED) is 0.848. The van der Waals surface area contributed by atoms with E-state index in [9.17, 15) is 8.78 Å². The van der Waals surface area contributed by atoms with Gasteiger partial charge in [0.1, 0.15) is 5.75 Å². The van der Waals surface area contributed by atoms with Crippen molar-refractivity contribution in [1.29, 1.82) is 0 Å². The van der Waals surface area contributed by atoms with E-state index in [1.165, 1.54) is 0 Å². The fourth-order valence-electron chi connectivity index (χ4n) is 1.83. The van der Waals surface area contributed by atoms with E-state index in [-0.39, 0.29) is 11.8 Å². The van der Waals surface area contributed by atoms with E-state index < -0.39 is 6.61 Å². The Morgan fingerprint density at radius 3 is 2.65 bits per heavy atom. The monoisotopic (exact) mass is 281 g/mol. The van der Waals surface area contributed by atoms with Gasteiger partial charge in [-0.2, -0.15) is 13.9 Å². The molecule has 1 atom stereocenters. The SMILES string of the molecule is CC(Cn1cccn1)NCc1ccc(OC(F)F)cc1. The molecule has 2 rings (SSSR count). The molecular formula is C14H17F2N3O. The van der Waals surface area contributed by atoms with Crippen LogP contribution in [-0.2, 0) is 13.1 Å². The van der Waals surface area contributed by atoms with Gasteiger partial charge >= 0.3 is 6.61 Å². The second-order valence-electron chi connectivity index (χ2n) is 4.53. The summed E-state index contributed by atoms with van der Waals surface area (Å²) in [4.78, 5) is 0. The number of alkyl halides is 2. The van der Waals surface area contributed by atoms with E-state index in [1.54, 1.807) is 30.5 Å². The molecule has 1 aromatic carbocycles. The summed E-state index contributed by atoms with van der Waals surface area (Å²) in [6.45, 7) is 0.723. The van der Waals surface area contributed by atoms with Crippen molar-refractivity contribution in [3.05, 3.63) is 48.3 Å². The summed E-state index contributed by atoms with van der Waals surface area (Å²) < 4.78 is 30.2. The van der Waals surface area contributed by atoms with Crippen LogP contribution in [0.5, 0.6) is 5.75 Å².